The molecule has 1 aromatic rings. The molecule has 0 unspecified atom stereocenters. The fourth-order valence-electron chi connectivity index (χ4n) is 1.77. The molecule has 1 atom stereocenters. The Kier molecular flexibility index (Phi) is 4.82. The van der Waals surface area contributed by atoms with Crippen LogP contribution in [0.2, 0.25) is 0 Å². The van der Waals surface area contributed by atoms with E-state index in [1.165, 1.54) is 0 Å². The van der Waals surface area contributed by atoms with E-state index in [-0.39, 0.29) is 11.0 Å². The Morgan fingerprint density at radius 3 is 2.83 bits per heavy atom. The van der Waals surface area contributed by atoms with Crippen molar-refractivity contribution in [3.63, 3.8) is 0 Å². The number of rotatable bonds is 4. The van der Waals surface area contributed by atoms with E-state index in [1.807, 2.05) is 0 Å². The van der Waals surface area contributed by atoms with Gasteiger partial charge in [-0.2, -0.15) is 0 Å². The third-order valence-electron chi connectivity index (χ3n) is 2.71. The van der Waals surface area contributed by atoms with Gasteiger partial charge in [0, 0.05) is 22.1 Å². The van der Waals surface area contributed by atoms with Gasteiger partial charge < -0.3 is 4.74 Å². The molecule has 0 aromatic heterocycles. The number of hydrogen-bond acceptors (Lipinski definition) is 3. The minimum absolute atomic E-state index is 0.00861. The molecular formula is C11H13Br2NO3S. The first kappa shape index (κ1) is 14.5. The molecule has 100 valence electrons. The van der Waals surface area contributed by atoms with Crippen LogP contribution in [0, 0.1) is 0 Å². The second kappa shape index (κ2) is 6.00. The molecule has 0 radical (unpaired) electrons. The topological polar surface area (TPSA) is 55.4 Å². The molecule has 7 heteroatoms. The SMILES string of the molecule is O=S(=O)(NC[C@@H]1CCCO1)c1cc(Br)ccc1Br. The van der Waals surface area contributed by atoms with Crippen molar-refractivity contribution in [2.24, 2.45) is 0 Å². The van der Waals surface area contributed by atoms with Gasteiger partial charge in [0.15, 0.2) is 0 Å². The van der Waals surface area contributed by atoms with Gasteiger partial charge >= 0.3 is 0 Å². The lowest BCUT2D eigenvalue weighted by molar-refractivity contribution is 0.114. The molecule has 1 aromatic carbocycles. The van der Waals surface area contributed by atoms with Gasteiger partial charge in [-0.15, -0.1) is 0 Å². The zero-order chi connectivity index (χ0) is 13.2. The van der Waals surface area contributed by atoms with Gasteiger partial charge in [0.25, 0.3) is 0 Å². The van der Waals surface area contributed by atoms with Crippen LogP contribution in [0.15, 0.2) is 32.0 Å². The largest absolute Gasteiger partial charge is 0.377 e. The number of benzene rings is 1. The fourth-order valence-corrected chi connectivity index (χ4v) is 4.34. The normalized spacial score (nSPS) is 20.2. The van der Waals surface area contributed by atoms with Crippen LogP contribution in [-0.4, -0.2) is 27.7 Å². The lowest BCUT2D eigenvalue weighted by Gasteiger charge is -2.12. The number of sulfonamides is 1. The predicted molar refractivity (Wildman–Crippen MR) is 76.0 cm³/mol. The van der Waals surface area contributed by atoms with Crippen LogP contribution >= 0.6 is 31.9 Å². The van der Waals surface area contributed by atoms with Crippen LogP contribution in [0.4, 0.5) is 0 Å². The van der Waals surface area contributed by atoms with Gasteiger partial charge in [0.2, 0.25) is 10.0 Å². The monoisotopic (exact) mass is 397 g/mol. The molecule has 0 saturated carbocycles. The maximum atomic E-state index is 12.1. The molecular weight excluding hydrogens is 386 g/mol. The van der Waals surface area contributed by atoms with Gasteiger partial charge in [-0.1, -0.05) is 15.9 Å². The highest BCUT2D eigenvalue weighted by Crippen LogP contribution is 2.25. The van der Waals surface area contributed by atoms with Crippen molar-refractivity contribution in [3.05, 3.63) is 27.1 Å². The molecule has 1 saturated heterocycles. The van der Waals surface area contributed by atoms with Gasteiger partial charge in [0.1, 0.15) is 0 Å². The highest BCUT2D eigenvalue weighted by atomic mass is 79.9. The molecule has 1 aliphatic heterocycles. The summed E-state index contributed by atoms with van der Waals surface area (Å²) >= 11 is 6.52. The van der Waals surface area contributed by atoms with E-state index in [2.05, 4.69) is 36.6 Å². The summed E-state index contributed by atoms with van der Waals surface area (Å²) in [6.07, 6.45) is 1.89. The van der Waals surface area contributed by atoms with Crippen LogP contribution in [0.5, 0.6) is 0 Å². The Bertz CT molecular complexity index is 527. The summed E-state index contributed by atoms with van der Waals surface area (Å²) in [7, 11) is -3.51. The van der Waals surface area contributed by atoms with E-state index in [4.69, 9.17) is 4.74 Å². The molecule has 1 aliphatic rings. The molecule has 1 fully saturated rings. The molecule has 1 heterocycles. The maximum Gasteiger partial charge on any atom is 0.241 e. The van der Waals surface area contributed by atoms with Crippen molar-refractivity contribution < 1.29 is 13.2 Å². The molecule has 18 heavy (non-hydrogen) atoms. The van der Waals surface area contributed by atoms with Gasteiger partial charge in [-0.3, -0.25) is 0 Å². The van der Waals surface area contributed by atoms with E-state index in [0.717, 1.165) is 17.3 Å². The second-order valence-corrected chi connectivity index (χ2v) is 7.57. The first-order valence-corrected chi connectivity index (χ1v) is 8.62. The lowest BCUT2D eigenvalue weighted by atomic mass is 10.2. The highest BCUT2D eigenvalue weighted by molar-refractivity contribution is 9.11. The molecule has 0 aliphatic carbocycles. The fraction of sp³-hybridized carbons (Fsp3) is 0.455. The van der Waals surface area contributed by atoms with E-state index in [0.29, 0.717) is 17.6 Å². The summed E-state index contributed by atoms with van der Waals surface area (Å²) in [6, 6.07) is 5.05. The summed E-state index contributed by atoms with van der Waals surface area (Å²) < 4.78 is 33.5. The first-order chi connectivity index (χ1) is 8.49. The zero-order valence-corrected chi connectivity index (χ0v) is 13.5. The standard InChI is InChI=1S/C11H13Br2NO3S/c12-8-3-4-10(13)11(6-8)18(15,16)14-7-9-2-1-5-17-9/h3-4,6,9,14H,1-2,5,7H2/t9-/m0/s1. The number of ether oxygens (including phenoxy) is 1. The average molecular weight is 399 g/mol. The van der Waals surface area contributed by atoms with Crippen LogP contribution < -0.4 is 4.72 Å². The van der Waals surface area contributed by atoms with Crippen LogP contribution in [0.25, 0.3) is 0 Å². The summed E-state index contributed by atoms with van der Waals surface area (Å²) in [5.74, 6) is 0. The van der Waals surface area contributed by atoms with Gasteiger partial charge in [0.05, 0.1) is 11.0 Å². The number of nitrogens with one attached hydrogen (secondary N) is 1. The third kappa shape index (κ3) is 3.54. The van der Waals surface area contributed by atoms with Crippen molar-refractivity contribution in [1.82, 2.24) is 4.72 Å². The van der Waals surface area contributed by atoms with Crippen molar-refractivity contribution in [3.8, 4) is 0 Å². The van der Waals surface area contributed by atoms with Crippen molar-refractivity contribution in [2.45, 2.75) is 23.8 Å². The molecule has 1 N–H and O–H groups in total. The Labute approximate surface area is 123 Å². The molecule has 4 nitrogen and oxygen atoms in total. The van der Waals surface area contributed by atoms with Crippen LogP contribution in [0.1, 0.15) is 12.8 Å². The summed E-state index contributed by atoms with van der Waals surface area (Å²) in [6.45, 7) is 1.04. The molecule has 2 rings (SSSR count). The Balaban J connectivity index is 2.12. The Hall–Kier alpha value is 0.0500. The first-order valence-electron chi connectivity index (χ1n) is 5.55. The van der Waals surface area contributed by atoms with Gasteiger partial charge in [-0.25, -0.2) is 13.1 Å². The molecule has 0 bridgehead atoms. The van der Waals surface area contributed by atoms with Crippen molar-refractivity contribution in [1.29, 1.82) is 0 Å². The average Bonchev–Trinajstić information content (AvgIpc) is 2.83. The van der Waals surface area contributed by atoms with E-state index in [9.17, 15) is 8.42 Å². The van der Waals surface area contributed by atoms with Crippen LogP contribution in [-0.2, 0) is 14.8 Å². The van der Waals surface area contributed by atoms with Gasteiger partial charge in [-0.05, 0) is 47.0 Å². The van der Waals surface area contributed by atoms with E-state index < -0.39 is 10.0 Å². The number of hydrogen-bond donors (Lipinski definition) is 1. The van der Waals surface area contributed by atoms with Crippen LogP contribution in [0.3, 0.4) is 0 Å². The molecule has 0 amide bonds. The molecule has 0 spiro atoms. The van der Waals surface area contributed by atoms with E-state index in [1.54, 1.807) is 18.2 Å². The number of halogens is 2. The second-order valence-electron chi connectivity index (χ2n) is 4.06. The van der Waals surface area contributed by atoms with Crippen molar-refractivity contribution >= 4 is 41.9 Å². The van der Waals surface area contributed by atoms with E-state index >= 15 is 0 Å². The zero-order valence-electron chi connectivity index (χ0n) is 9.53. The smallest absolute Gasteiger partial charge is 0.241 e. The Morgan fingerprint density at radius 2 is 2.17 bits per heavy atom. The maximum absolute atomic E-state index is 12.1. The lowest BCUT2D eigenvalue weighted by Crippen LogP contribution is -2.32. The van der Waals surface area contributed by atoms with Crippen molar-refractivity contribution in [2.75, 3.05) is 13.2 Å². The Morgan fingerprint density at radius 1 is 1.39 bits per heavy atom. The minimum atomic E-state index is -3.51. The summed E-state index contributed by atoms with van der Waals surface area (Å²) in [5, 5.41) is 0. The summed E-state index contributed by atoms with van der Waals surface area (Å²) in [5.41, 5.74) is 0. The minimum Gasteiger partial charge on any atom is -0.377 e. The quantitative estimate of drug-likeness (QED) is 0.848. The third-order valence-corrected chi connectivity index (χ3v) is 5.62. The predicted octanol–water partition coefficient (Wildman–Crippen LogP) is 2.67. The highest BCUT2D eigenvalue weighted by Gasteiger charge is 2.22. The summed E-state index contributed by atoms with van der Waals surface area (Å²) in [4.78, 5) is 0.231.